The van der Waals surface area contributed by atoms with Crippen molar-refractivity contribution in [2.24, 2.45) is 5.73 Å². The molecule has 0 spiro atoms. The average Bonchev–Trinajstić information content (AvgIpc) is 3.05. The minimum Gasteiger partial charge on any atom is -0.350 e. The van der Waals surface area contributed by atoms with E-state index in [1.165, 1.54) is 41.0 Å². The minimum absolute atomic E-state index is 0.0496. The first-order valence-electron chi connectivity index (χ1n) is 9.22. The molecular formula is C21H29N3OS. The molecule has 0 fully saturated rings. The van der Waals surface area contributed by atoms with E-state index in [9.17, 15) is 4.79 Å². The number of allylic oxidation sites excluding steroid dienone is 4. The van der Waals surface area contributed by atoms with Crippen molar-refractivity contribution in [3.63, 3.8) is 0 Å². The maximum atomic E-state index is 11.9. The molecule has 4 nitrogen and oxygen atoms in total. The van der Waals surface area contributed by atoms with Crippen molar-refractivity contribution >= 4 is 27.5 Å². The van der Waals surface area contributed by atoms with E-state index in [0.717, 1.165) is 27.9 Å². The molecule has 3 N–H and O–H groups in total. The maximum absolute atomic E-state index is 11.9. The van der Waals surface area contributed by atoms with Gasteiger partial charge in [0.05, 0.1) is 4.88 Å². The van der Waals surface area contributed by atoms with Crippen LogP contribution in [0, 0.1) is 0 Å². The smallest absolute Gasteiger partial charge is 0.261 e. The van der Waals surface area contributed by atoms with Crippen molar-refractivity contribution in [3.05, 3.63) is 52.1 Å². The van der Waals surface area contributed by atoms with Gasteiger partial charge in [-0.1, -0.05) is 23.8 Å². The number of nitrogens with one attached hydrogen (secondary N) is 1. The third kappa shape index (κ3) is 5.78. The second kappa shape index (κ2) is 10.2. The monoisotopic (exact) mass is 371 g/mol. The summed E-state index contributed by atoms with van der Waals surface area (Å²) in [7, 11) is 0. The lowest BCUT2D eigenvalue weighted by molar-refractivity contribution is 0.0959. The Hall–Kier alpha value is -1.98. The molecule has 0 saturated heterocycles. The molecule has 0 aliphatic heterocycles. The summed E-state index contributed by atoms with van der Waals surface area (Å²) in [4.78, 5) is 18.3. The SMILES string of the molecule is C/C=C\C=C(C)C.NCCNC(=O)c1cc2cc3c(nc2s1)CCCC3. The van der Waals surface area contributed by atoms with Crippen molar-refractivity contribution in [3.8, 4) is 0 Å². The first-order valence-corrected chi connectivity index (χ1v) is 10.0. The van der Waals surface area contributed by atoms with E-state index in [0.29, 0.717) is 13.1 Å². The summed E-state index contributed by atoms with van der Waals surface area (Å²) in [6.07, 6.45) is 10.8. The van der Waals surface area contributed by atoms with Gasteiger partial charge in [0.25, 0.3) is 5.91 Å². The highest BCUT2D eigenvalue weighted by molar-refractivity contribution is 7.20. The molecule has 0 bridgehead atoms. The van der Waals surface area contributed by atoms with E-state index in [4.69, 9.17) is 10.7 Å². The average molecular weight is 372 g/mol. The summed E-state index contributed by atoms with van der Waals surface area (Å²) in [5.74, 6) is -0.0496. The summed E-state index contributed by atoms with van der Waals surface area (Å²) >= 11 is 1.46. The Balaban J connectivity index is 0.000000298. The third-order valence-corrected chi connectivity index (χ3v) is 5.11. The quantitative estimate of drug-likeness (QED) is 0.783. The summed E-state index contributed by atoms with van der Waals surface area (Å²) in [6.45, 7) is 7.15. The number of hydrogen-bond acceptors (Lipinski definition) is 4. The molecule has 2 heterocycles. The summed E-state index contributed by atoms with van der Waals surface area (Å²) in [5.41, 5.74) is 9.30. The molecule has 0 unspecified atom stereocenters. The number of thiophene rings is 1. The van der Waals surface area contributed by atoms with Gasteiger partial charge in [-0.3, -0.25) is 4.79 Å². The fourth-order valence-electron chi connectivity index (χ4n) is 2.77. The topological polar surface area (TPSA) is 68.0 Å². The second-order valence-electron chi connectivity index (χ2n) is 6.62. The van der Waals surface area contributed by atoms with Gasteiger partial charge in [0.15, 0.2) is 0 Å². The van der Waals surface area contributed by atoms with Crippen LogP contribution in [-0.4, -0.2) is 24.0 Å². The van der Waals surface area contributed by atoms with E-state index in [2.05, 4.69) is 31.3 Å². The summed E-state index contributed by atoms with van der Waals surface area (Å²) in [6, 6.07) is 4.14. The van der Waals surface area contributed by atoms with Crippen molar-refractivity contribution < 1.29 is 4.79 Å². The number of aromatic nitrogens is 1. The van der Waals surface area contributed by atoms with Gasteiger partial charge < -0.3 is 11.1 Å². The van der Waals surface area contributed by atoms with Crippen LogP contribution in [0.2, 0.25) is 0 Å². The largest absolute Gasteiger partial charge is 0.350 e. The number of carbonyl (C=O) groups is 1. The Morgan fingerprint density at radius 3 is 2.73 bits per heavy atom. The molecule has 26 heavy (non-hydrogen) atoms. The molecular weight excluding hydrogens is 342 g/mol. The van der Waals surface area contributed by atoms with E-state index >= 15 is 0 Å². The highest BCUT2D eigenvalue weighted by atomic mass is 32.1. The summed E-state index contributed by atoms with van der Waals surface area (Å²) in [5, 5.41) is 3.88. The van der Waals surface area contributed by atoms with Gasteiger partial charge in [0, 0.05) is 24.2 Å². The van der Waals surface area contributed by atoms with Gasteiger partial charge in [-0.05, 0) is 64.2 Å². The van der Waals surface area contributed by atoms with E-state index in [1.54, 1.807) is 0 Å². The van der Waals surface area contributed by atoms with Crippen LogP contribution in [0.3, 0.4) is 0 Å². The van der Waals surface area contributed by atoms with Crippen LogP contribution in [0.15, 0.2) is 35.9 Å². The lowest BCUT2D eigenvalue weighted by atomic mass is 9.96. The predicted molar refractivity (Wildman–Crippen MR) is 112 cm³/mol. The Labute approximate surface area is 160 Å². The van der Waals surface area contributed by atoms with Crippen molar-refractivity contribution in [2.75, 3.05) is 13.1 Å². The van der Waals surface area contributed by atoms with Crippen LogP contribution >= 0.6 is 11.3 Å². The zero-order chi connectivity index (χ0) is 18.9. The van der Waals surface area contributed by atoms with E-state index in [-0.39, 0.29) is 5.91 Å². The fourth-order valence-corrected chi connectivity index (χ4v) is 3.72. The first kappa shape index (κ1) is 20.3. The Bertz CT molecular complexity index is 758. The lowest BCUT2D eigenvalue weighted by Gasteiger charge is -2.13. The molecule has 5 heteroatoms. The predicted octanol–water partition coefficient (Wildman–Crippen LogP) is 4.39. The number of fused-ring (bicyclic) bond motifs is 2. The highest BCUT2D eigenvalue weighted by Gasteiger charge is 2.15. The number of nitrogens with zero attached hydrogens (tertiary/aromatic N) is 1. The highest BCUT2D eigenvalue weighted by Crippen LogP contribution is 2.29. The van der Waals surface area contributed by atoms with Crippen LogP contribution in [0.5, 0.6) is 0 Å². The molecule has 1 aliphatic rings. The van der Waals surface area contributed by atoms with Crippen LogP contribution in [-0.2, 0) is 12.8 Å². The molecule has 3 rings (SSSR count). The zero-order valence-electron chi connectivity index (χ0n) is 16.0. The standard InChI is InChI=1S/C14H17N3OS.C7H12/c15-5-6-16-13(18)12-8-10-7-9-3-1-2-4-11(9)17-14(10)19-12;1-4-5-6-7(2)3/h7-8H,1-6,15H2,(H,16,18);4-6H,1-3H3/b;5-4-. The zero-order valence-corrected chi connectivity index (χ0v) is 16.8. The first-order chi connectivity index (χ1) is 12.5. The van der Waals surface area contributed by atoms with Gasteiger partial charge >= 0.3 is 0 Å². The van der Waals surface area contributed by atoms with Crippen LogP contribution < -0.4 is 11.1 Å². The molecule has 0 atom stereocenters. The minimum atomic E-state index is -0.0496. The Morgan fingerprint density at radius 2 is 2.08 bits per heavy atom. The third-order valence-electron chi connectivity index (χ3n) is 4.06. The molecule has 140 valence electrons. The number of nitrogens with two attached hydrogens (primary N) is 1. The van der Waals surface area contributed by atoms with Gasteiger partial charge in [0.1, 0.15) is 4.83 Å². The number of aryl methyl sites for hydroxylation is 2. The van der Waals surface area contributed by atoms with Crippen molar-refractivity contribution in [2.45, 2.75) is 46.5 Å². The number of hydrogen-bond donors (Lipinski definition) is 2. The van der Waals surface area contributed by atoms with Crippen LogP contribution in [0.1, 0.15) is 54.5 Å². The maximum Gasteiger partial charge on any atom is 0.261 e. The normalized spacial score (nSPS) is 13.1. The van der Waals surface area contributed by atoms with Gasteiger partial charge in [-0.15, -0.1) is 11.3 Å². The molecule has 1 aliphatic carbocycles. The van der Waals surface area contributed by atoms with Gasteiger partial charge in [-0.25, -0.2) is 4.98 Å². The number of pyridine rings is 1. The van der Waals surface area contributed by atoms with E-state index < -0.39 is 0 Å². The van der Waals surface area contributed by atoms with Gasteiger partial charge in [-0.2, -0.15) is 0 Å². The number of carbonyl (C=O) groups excluding carboxylic acids is 1. The molecule has 0 aromatic carbocycles. The Morgan fingerprint density at radius 1 is 1.31 bits per heavy atom. The molecule has 1 amide bonds. The van der Waals surface area contributed by atoms with E-state index in [1.807, 2.05) is 25.1 Å². The van der Waals surface area contributed by atoms with Gasteiger partial charge in [0.2, 0.25) is 0 Å². The Kier molecular flexibility index (Phi) is 8.01. The molecule has 0 radical (unpaired) electrons. The number of amides is 1. The van der Waals surface area contributed by atoms with Crippen molar-refractivity contribution in [1.82, 2.24) is 10.3 Å². The van der Waals surface area contributed by atoms with Crippen LogP contribution in [0.4, 0.5) is 0 Å². The molecule has 2 aromatic rings. The lowest BCUT2D eigenvalue weighted by Crippen LogP contribution is -2.28. The molecule has 0 saturated carbocycles. The second-order valence-corrected chi connectivity index (χ2v) is 7.65. The van der Waals surface area contributed by atoms with Crippen molar-refractivity contribution in [1.29, 1.82) is 0 Å². The van der Waals surface area contributed by atoms with Crippen LogP contribution in [0.25, 0.3) is 10.2 Å². The fraction of sp³-hybridized carbons (Fsp3) is 0.429. The number of rotatable bonds is 4. The summed E-state index contributed by atoms with van der Waals surface area (Å²) < 4.78 is 0. The molecule has 2 aromatic heterocycles.